The molecule has 0 aromatic rings. The predicted molar refractivity (Wildman–Crippen MR) is 56.3 cm³/mol. The van der Waals surface area contributed by atoms with Crippen molar-refractivity contribution in [3.8, 4) is 0 Å². The summed E-state index contributed by atoms with van der Waals surface area (Å²) in [6.45, 7) is 2.51. The van der Waals surface area contributed by atoms with Crippen LogP contribution in [0.1, 0.15) is 25.7 Å². The van der Waals surface area contributed by atoms with Crippen molar-refractivity contribution in [3.05, 3.63) is 0 Å². The lowest BCUT2D eigenvalue weighted by atomic mass is 9.97. The molecule has 4 nitrogen and oxygen atoms in total. The Morgan fingerprint density at radius 1 is 1.50 bits per heavy atom. The van der Waals surface area contributed by atoms with Crippen LogP contribution in [-0.4, -0.2) is 43.2 Å². The number of hydrogen-bond acceptors (Lipinski definition) is 4. The van der Waals surface area contributed by atoms with E-state index in [-0.39, 0.29) is 5.54 Å². The second kappa shape index (κ2) is 3.77. The minimum atomic E-state index is 0.253. The van der Waals surface area contributed by atoms with Crippen LogP contribution < -0.4 is 5.73 Å². The van der Waals surface area contributed by atoms with Crippen molar-refractivity contribution in [3.63, 3.8) is 0 Å². The van der Waals surface area contributed by atoms with Crippen molar-refractivity contribution in [1.82, 2.24) is 4.90 Å². The van der Waals surface area contributed by atoms with Crippen molar-refractivity contribution in [2.45, 2.75) is 31.2 Å². The molecule has 1 saturated carbocycles. The van der Waals surface area contributed by atoms with Gasteiger partial charge in [-0.25, -0.2) is 0 Å². The van der Waals surface area contributed by atoms with Gasteiger partial charge in [-0.2, -0.15) is 0 Å². The summed E-state index contributed by atoms with van der Waals surface area (Å²) in [4.78, 5) is 6.62. The Morgan fingerprint density at radius 2 is 2.21 bits per heavy atom. The molecule has 0 bridgehead atoms. The van der Waals surface area contributed by atoms with E-state index >= 15 is 0 Å². The van der Waals surface area contributed by atoms with E-state index in [1.54, 1.807) is 7.11 Å². The molecule has 0 aromatic carbocycles. The first-order valence-electron chi connectivity index (χ1n) is 5.35. The first kappa shape index (κ1) is 9.77. The lowest BCUT2D eigenvalue weighted by Crippen LogP contribution is -2.51. The standard InChI is InChI=1S/C10H19N3O/c1-14-7-6-13-9(11)12-8-10(13)4-2-3-5-10/h2-8H2,1H3,(H2,11,12). The maximum Gasteiger partial charge on any atom is 0.191 e. The number of guanidine groups is 1. The van der Waals surface area contributed by atoms with E-state index < -0.39 is 0 Å². The highest BCUT2D eigenvalue weighted by molar-refractivity contribution is 5.81. The molecule has 0 radical (unpaired) electrons. The Kier molecular flexibility index (Phi) is 2.63. The van der Waals surface area contributed by atoms with E-state index in [0.717, 1.165) is 19.7 Å². The van der Waals surface area contributed by atoms with Gasteiger partial charge in [-0.3, -0.25) is 4.99 Å². The van der Waals surface area contributed by atoms with Gasteiger partial charge in [0, 0.05) is 13.7 Å². The summed E-state index contributed by atoms with van der Waals surface area (Å²) in [5, 5.41) is 0. The minimum Gasteiger partial charge on any atom is -0.383 e. The zero-order valence-corrected chi connectivity index (χ0v) is 8.83. The molecule has 1 aliphatic carbocycles. The second-order valence-electron chi connectivity index (χ2n) is 4.25. The van der Waals surface area contributed by atoms with Crippen LogP contribution in [0.3, 0.4) is 0 Å². The summed E-state index contributed by atoms with van der Waals surface area (Å²) in [6, 6.07) is 0. The fourth-order valence-electron chi connectivity index (χ4n) is 2.64. The number of methoxy groups -OCH3 is 1. The van der Waals surface area contributed by atoms with Crippen LogP contribution in [0.25, 0.3) is 0 Å². The van der Waals surface area contributed by atoms with Crippen molar-refractivity contribution in [2.75, 3.05) is 26.8 Å². The molecule has 0 unspecified atom stereocenters. The third-order valence-electron chi connectivity index (χ3n) is 3.44. The van der Waals surface area contributed by atoms with Gasteiger partial charge in [-0.15, -0.1) is 0 Å². The highest BCUT2D eigenvalue weighted by Gasteiger charge is 2.43. The van der Waals surface area contributed by atoms with Crippen molar-refractivity contribution in [2.24, 2.45) is 10.7 Å². The van der Waals surface area contributed by atoms with Crippen LogP contribution in [0, 0.1) is 0 Å². The number of rotatable bonds is 3. The quantitative estimate of drug-likeness (QED) is 0.720. The first-order valence-corrected chi connectivity index (χ1v) is 5.35. The van der Waals surface area contributed by atoms with E-state index in [1.807, 2.05) is 0 Å². The Labute approximate surface area is 85.1 Å². The van der Waals surface area contributed by atoms with Gasteiger partial charge in [-0.1, -0.05) is 12.8 Å². The summed E-state index contributed by atoms with van der Waals surface area (Å²) in [6.07, 6.45) is 5.10. The van der Waals surface area contributed by atoms with Crippen LogP contribution in [-0.2, 0) is 4.74 Å². The SMILES string of the molecule is COCCN1C(N)=NCC12CCCC2. The summed E-state index contributed by atoms with van der Waals surface area (Å²) in [5.74, 6) is 0.712. The van der Waals surface area contributed by atoms with Crippen LogP contribution in [0.2, 0.25) is 0 Å². The van der Waals surface area contributed by atoms with Gasteiger partial charge in [0.1, 0.15) is 0 Å². The molecule has 4 heteroatoms. The van der Waals surface area contributed by atoms with E-state index in [4.69, 9.17) is 10.5 Å². The maximum absolute atomic E-state index is 5.89. The summed E-state index contributed by atoms with van der Waals surface area (Å²) in [7, 11) is 1.73. The van der Waals surface area contributed by atoms with Crippen LogP contribution in [0.15, 0.2) is 4.99 Å². The number of ether oxygens (including phenoxy) is 1. The molecule has 1 fully saturated rings. The lowest BCUT2D eigenvalue weighted by Gasteiger charge is -2.35. The molecule has 1 spiro atoms. The maximum atomic E-state index is 5.89. The predicted octanol–water partition coefficient (Wildman–Crippen LogP) is 0.576. The molecule has 0 aromatic heterocycles. The number of nitrogens with two attached hydrogens (primary N) is 1. The lowest BCUT2D eigenvalue weighted by molar-refractivity contribution is 0.131. The van der Waals surface area contributed by atoms with Gasteiger partial charge in [-0.05, 0) is 12.8 Å². The van der Waals surface area contributed by atoms with Crippen molar-refractivity contribution >= 4 is 5.96 Å². The molecule has 2 aliphatic rings. The van der Waals surface area contributed by atoms with Crippen molar-refractivity contribution in [1.29, 1.82) is 0 Å². The molecule has 80 valence electrons. The summed E-state index contributed by atoms with van der Waals surface area (Å²) < 4.78 is 5.10. The van der Waals surface area contributed by atoms with E-state index in [1.165, 1.54) is 25.7 Å². The van der Waals surface area contributed by atoms with E-state index in [0.29, 0.717) is 5.96 Å². The van der Waals surface area contributed by atoms with Gasteiger partial charge in [0.25, 0.3) is 0 Å². The Balaban J connectivity index is 2.04. The molecule has 0 saturated heterocycles. The van der Waals surface area contributed by atoms with Gasteiger partial charge in [0.2, 0.25) is 0 Å². The Morgan fingerprint density at radius 3 is 2.86 bits per heavy atom. The zero-order chi connectivity index (χ0) is 10.0. The minimum absolute atomic E-state index is 0.253. The second-order valence-corrected chi connectivity index (χ2v) is 4.25. The van der Waals surface area contributed by atoms with Gasteiger partial charge in [0.05, 0.1) is 18.7 Å². The largest absolute Gasteiger partial charge is 0.383 e. The molecular weight excluding hydrogens is 178 g/mol. The third-order valence-corrected chi connectivity index (χ3v) is 3.44. The monoisotopic (exact) mass is 197 g/mol. The van der Waals surface area contributed by atoms with Gasteiger partial charge >= 0.3 is 0 Å². The fraction of sp³-hybridized carbons (Fsp3) is 0.900. The Bertz CT molecular complexity index is 234. The van der Waals surface area contributed by atoms with Crippen LogP contribution >= 0.6 is 0 Å². The van der Waals surface area contributed by atoms with E-state index in [2.05, 4.69) is 9.89 Å². The summed E-state index contributed by atoms with van der Waals surface area (Å²) >= 11 is 0. The number of nitrogens with zero attached hydrogens (tertiary/aromatic N) is 2. The average Bonchev–Trinajstić information content (AvgIpc) is 2.75. The van der Waals surface area contributed by atoms with Gasteiger partial charge < -0.3 is 15.4 Å². The molecule has 0 amide bonds. The molecule has 14 heavy (non-hydrogen) atoms. The van der Waals surface area contributed by atoms with E-state index in [9.17, 15) is 0 Å². The number of hydrogen-bond donors (Lipinski definition) is 1. The molecule has 1 heterocycles. The number of aliphatic imine (C=N–C) groups is 1. The first-order chi connectivity index (χ1) is 6.78. The molecular formula is C10H19N3O. The topological polar surface area (TPSA) is 50.9 Å². The highest BCUT2D eigenvalue weighted by atomic mass is 16.5. The van der Waals surface area contributed by atoms with Crippen molar-refractivity contribution < 1.29 is 4.74 Å². The van der Waals surface area contributed by atoms with Crippen LogP contribution in [0.5, 0.6) is 0 Å². The summed E-state index contributed by atoms with van der Waals surface area (Å²) in [5.41, 5.74) is 6.15. The highest BCUT2D eigenvalue weighted by Crippen LogP contribution is 2.37. The molecule has 2 rings (SSSR count). The van der Waals surface area contributed by atoms with Crippen LogP contribution in [0.4, 0.5) is 0 Å². The van der Waals surface area contributed by atoms with Gasteiger partial charge in [0.15, 0.2) is 5.96 Å². The normalized spacial score (nSPS) is 24.6. The smallest absolute Gasteiger partial charge is 0.191 e. The molecule has 1 aliphatic heterocycles. The average molecular weight is 197 g/mol. The third kappa shape index (κ3) is 1.47. The zero-order valence-electron chi connectivity index (χ0n) is 8.83. The molecule has 0 atom stereocenters. The Hall–Kier alpha value is -0.770. The fourth-order valence-corrected chi connectivity index (χ4v) is 2.64. The molecule has 2 N–H and O–H groups in total.